The summed E-state index contributed by atoms with van der Waals surface area (Å²) in [7, 11) is 0. The van der Waals surface area contributed by atoms with Crippen molar-refractivity contribution in [2.75, 3.05) is 0 Å². The summed E-state index contributed by atoms with van der Waals surface area (Å²) < 4.78 is 9.77. The Labute approximate surface area is 333 Å². The first-order chi connectivity index (χ1) is 28.8. The number of allylic oxidation sites excluding steroid dienone is 1. The van der Waals surface area contributed by atoms with Gasteiger partial charge in [0.2, 0.25) is 0 Å². The molecule has 0 amide bonds. The van der Waals surface area contributed by atoms with Crippen LogP contribution in [-0.2, 0) is 6.42 Å². The van der Waals surface area contributed by atoms with Crippen molar-refractivity contribution in [1.82, 2.24) is 23.3 Å². The Morgan fingerprint density at radius 3 is 1.33 bits per heavy atom. The summed E-state index contributed by atoms with van der Waals surface area (Å²) in [5, 5.41) is 8.60. The fourth-order valence-electron chi connectivity index (χ4n) is 10.1. The van der Waals surface area contributed by atoms with Crippen LogP contribution < -0.4 is 0 Å². The largest absolute Gasteiger partial charge is 0.307 e. The number of hydrogen-bond acceptors (Lipinski definition) is 1. The average Bonchev–Trinajstić information content (AvgIpc) is 4.02. The Kier molecular flexibility index (Phi) is 6.50. The predicted octanol–water partition coefficient (Wildman–Crippen LogP) is 13.3. The third-order valence-electron chi connectivity index (χ3n) is 12.4. The fourth-order valence-corrected chi connectivity index (χ4v) is 10.1. The molecule has 0 fully saturated rings. The van der Waals surface area contributed by atoms with E-state index in [4.69, 9.17) is 4.98 Å². The molecule has 0 saturated carbocycles. The highest BCUT2D eigenvalue weighted by Crippen LogP contribution is 2.44. The number of benzene rings is 7. The molecule has 0 spiro atoms. The predicted molar refractivity (Wildman–Crippen MR) is 241 cm³/mol. The van der Waals surface area contributed by atoms with E-state index in [1.54, 1.807) is 0 Å². The van der Waals surface area contributed by atoms with Crippen LogP contribution in [0.1, 0.15) is 17.7 Å². The number of rotatable bonds is 4. The third-order valence-corrected chi connectivity index (χ3v) is 12.4. The van der Waals surface area contributed by atoms with Crippen molar-refractivity contribution >= 4 is 82.4 Å². The van der Waals surface area contributed by atoms with Crippen molar-refractivity contribution in [3.63, 3.8) is 0 Å². The molecule has 0 radical (unpaired) electrons. The van der Waals surface area contributed by atoms with Gasteiger partial charge in [0.1, 0.15) is 11.6 Å². The van der Waals surface area contributed by atoms with Gasteiger partial charge >= 0.3 is 0 Å². The average molecular weight is 742 g/mol. The first-order valence-electron chi connectivity index (χ1n) is 20.1. The minimum absolute atomic E-state index is 0.888. The van der Waals surface area contributed by atoms with Crippen molar-refractivity contribution in [2.45, 2.75) is 12.8 Å². The molecule has 5 heterocycles. The third kappa shape index (κ3) is 4.22. The van der Waals surface area contributed by atoms with Gasteiger partial charge in [0, 0.05) is 60.3 Å². The maximum Gasteiger partial charge on any atom is 0.140 e. The van der Waals surface area contributed by atoms with Gasteiger partial charge in [-0.05, 0) is 67.4 Å². The van der Waals surface area contributed by atoms with E-state index in [0.717, 1.165) is 46.9 Å². The monoisotopic (exact) mass is 741 g/mol. The first kappa shape index (κ1) is 31.6. The van der Waals surface area contributed by atoms with E-state index in [1.165, 1.54) is 76.5 Å². The molecule has 1 aliphatic rings. The topological polar surface area (TPSA) is 32.6 Å². The Morgan fingerprint density at radius 1 is 0.345 bits per heavy atom. The lowest BCUT2D eigenvalue weighted by atomic mass is 10.0. The second-order valence-electron chi connectivity index (χ2n) is 15.4. The Bertz CT molecular complexity index is 3670. The molecule has 58 heavy (non-hydrogen) atoms. The lowest BCUT2D eigenvalue weighted by Gasteiger charge is -2.16. The van der Waals surface area contributed by atoms with Gasteiger partial charge in [0.25, 0.3) is 0 Å². The Morgan fingerprint density at radius 2 is 0.776 bits per heavy atom. The van der Waals surface area contributed by atoms with Gasteiger partial charge < -0.3 is 9.13 Å². The second kappa shape index (κ2) is 11.9. The standard InChI is InChI=1S/C53H35N5/c1-3-16-34(17-4-1)55-44-24-11-7-20-36(44)40-30-32-42-38-22-9-13-26-46(38)57(52(42)50(40)55)48-28-15-29-49(54-48)58-47-27-14-10-23-39(47)43-33-31-41-37-21-8-12-25-45(37)56(51(41)53(43)58)35-18-5-2-6-19-35/h1-13,15-26,28-33H,14,27H2. The lowest BCUT2D eigenvalue weighted by molar-refractivity contribution is 0.866. The Hall–Kier alpha value is -7.63. The van der Waals surface area contributed by atoms with Gasteiger partial charge in [-0.3, -0.25) is 9.13 Å². The van der Waals surface area contributed by atoms with Crippen molar-refractivity contribution in [3.05, 3.63) is 193 Å². The summed E-state index contributed by atoms with van der Waals surface area (Å²) in [6.07, 6.45) is 6.58. The van der Waals surface area contributed by atoms with E-state index in [9.17, 15) is 0 Å². The van der Waals surface area contributed by atoms with E-state index in [2.05, 4.69) is 206 Å². The van der Waals surface area contributed by atoms with Gasteiger partial charge in [0.15, 0.2) is 0 Å². The lowest BCUT2D eigenvalue weighted by Crippen LogP contribution is -2.08. The molecule has 12 aromatic rings. The molecule has 0 saturated heterocycles. The molecule has 0 atom stereocenters. The minimum Gasteiger partial charge on any atom is -0.307 e. The van der Waals surface area contributed by atoms with Crippen LogP contribution in [0.15, 0.2) is 182 Å². The van der Waals surface area contributed by atoms with E-state index >= 15 is 0 Å². The van der Waals surface area contributed by atoms with Gasteiger partial charge in [-0.1, -0.05) is 133 Å². The van der Waals surface area contributed by atoms with Crippen molar-refractivity contribution in [2.24, 2.45) is 0 Å². The minimum atomic E-state index is 0.888. The summed E-state index contributed by atoms with van der Waals surface area (Å²) in [5.41, 5.74) is 13.1. The number of nitrogens with zero attached hydrogens (tertiary/aromatic N) is 5. The van der Waals surface area contributed by atoms with Crippen molar-refractivity contribution in [3.8, 4) is 23.0 Å². The van der Waals surface area contributed by atoms with Crippen LogP contribution in [0.5, 0.6) is 0 Å². The molecule has 0 unspecified atom stereocenters. The van der Waals surface area contributed by atoms with Crippen molar-refractivity contribution in [1.29, 1.82) is 0 Å². The molecular weight excluding hydrogens is 707 g/mol. The maximum atomic E-state index is 5.73. The van der Waals surface area contributed by atoms with E-state index < -0.39 is 0 Å². The molecule has 5 aromatic heterocycles. The molecular formula is C53H35N5. The van der Waals surface area contributed by atoms with E-state index in [0.29, 0.717) is 0 Å². The number of pyridine rings is 1. The van der Waals surface area contributed by atoms with Gasteiger partial charge in [-0.2, -0.15) is 0 Å². The molecule has 0 N–H and O–H groups in total. The fraction of sp³-hybridized carbons (Fsp3) is 0.0377. The molecule has 13 rings (SSSR count). The van der Waals surface area contributed by atoms with Crippen LogP contribution in [0, 0.1) is 0 Å². The van der Waals surface area contributed by atoms with Crippen LogP contribution in [0.4, 0.5) is 0 Å². The van der Waals surface area contributed by atoms with E-state index in [-0.39, 0.29) is 0 Å². The highest BCUT2D eigenvalue weighted by molar-refractivity contribution is 6.24. The summed E-state index contributed by atoms with van der Waals surface area (Å²) in [6.45, 7) is 0. The van der Waals surface area contributed by atoms with Crippen LogP contribution >= 0.6 is 0 Å². The molecule has 7 aromatic carbocycles. The molecule has 0 bridgehead atoms. The zero-order valence-corrected chi connectivity index (χ0v) is 31.5. The van der Waals surface area contributed by atoms with Gasteiger partial charge in [-0.25, -0.2) is 4.98 Å². The highest BCUT2D eigenvalue weighted by atomic mass is 15.2. The quantitative estimate of drug-likeness (QED) is 0.177. The summed E-state index contributed by atoms with van der Waals surface area (Å²) >= 11 is 0. The molecule has 5 heteroatoms. The summed E-state index contributed by atoms with van der Waals surface area (Å²) in [4.78, 5) is 5.73. The number of para-hydroxylation sites is 5. The van der Waals surface area contributed by atoms with Crippen molar-refractivity contribution < 1.29 is 0 Å². The highest BCUT2D eigenvalue weighted by Gasteiger charge is 2.26. The second-order valence-corrected chi connectivity index (χ2v) is 15.4. The van der Waals surface area contributed by atoms with Crippen LogP contribution in [-0.4, -0.2) is 23.3 Å². The zero-order chi connectivity index (χ0) is 37.9. The molecule has 272 valence electrons. The van der Waals surface area contributed by atoms with Gasteiger partial charge in [-0.15, -0.1) is 0 Å². The van der Waals surface area contributed by atoms with Crippen LogP contribution in [0.3, 0.4) is 0 Å². The normalized spacial score (nSPS) is 13.0. The van der Waals surface area contributed by atoms with Crippen LogP contribution in [0.25, 0.3) is 105 Å². The molecule has 5 nitrogen and oxygen atoms in total. The van der Waals surface area contributed by atoms with Gasteiger partial charge in [0.05, 0.1) is 38.6 Å². The summed E-state index contributed by atoms with van der Waals surface area (Å²) in [6, 6.07) is 63.8. The first-order valence-corrected chi connectivity index (χ1v) is 20.1. The maximum absolute atomic E-state index is 5.73. The zero-order valence-electron chi connectivity index (χ0n) is 31.5. The number of aromatic nitrogens is 5. The molecule has 0 aliphatic heterocycles. The smallest absolute Gasteiger partial charge is 0.140 e. The SMILES string of the molecule is C1=Cc2c(n(-c3cccc(-n4c5ccccc5c5ccc6c7ccccc7n(-c7ccccc7)c6c54)n3)c3c2ccc2c4ccccc4n(-c4ccccc4)c23)CC1. The molecule has 1 aliphatic carbocycles. The number of fused-ring (bicyclic) bond motifs is 14. The summed E-state index contributed by atoms with van der Waals surface area (Å²) in [5.74, 6) is 1.80. The Balaban J connectivity index is 1.16. The number of hydrogen-bond donors (Lipinski definition) is 0. The van der Waals surface area contributed by atoms with Crippen LogP contribution in [0.2, 0.25) is 0 Å². The van der Waals surface area contributed by atoms with E-state index in [1.807, 2.05) is 0 Å².